The van der Waals surface area contributed by atoms with E-state index in [4.69, 9.17) is 33.7 Å². The van der Waals surface area contributed by atoms with Gasteiger partial charge in [0.05, 0.1) is 14.3 Å². The number of thioether (sulfide) groups is 1. The number of ether oxygens (including phenoxy) is 1. The monoisotopic (exact) mass is 351 g/mol. The SMILES string of the molecule is NC(c1cc(Cl)sc1Cl)C1CCOC2(CCSCC2)C1. The van der Waals surface area contributed by atoms with Crippen molar-refractivity contribution < 1.29 is 4.74 Å². The van der Waals surface area contributed by atoms with E-state index in [9.17, 15) is 0 Å². The number of thiophene rings is 1. The van der Waals surface area contributed by atoms with Crippen molar-refractivity contribution in [3.8, 4) is 0 Å². The van der Waals surface area contributed by atoms with Gasteiger partial charge < -0.3 is 10.5 Å². The molecule has 0 aromatic carbocycles. The molecule has 112 valence electrons. The molecule has 2 fully saturated rings. The van der Waals surface area contributed by atoms with Crippen molar-refractivity contribution in [1.29, 1.82) is 0 Å². The Morgan fingerprint density at radius 1 is 1.35 bits per heavy atom. The van der Waals surface area contributed by atoms with Gasteiger partial charge in [-0.1, -0.05) is 23.2 Å². The molecule has 0 saturated carbocycles. The fourth-order valence-electron chi connectivity index (χ4n) is 3.30. The van der Waals surface area contributed by atoms with Crippen LogP contribution in [-0.4, -0.2) is 23.7 Å². The number of nitrogens with two attached hydrogens (primary N) is 1. The lowest BCUT2D eigenvalue weighted by molar-refractivity contribution is -0.105. The Bertz CT molecular complexity index is 468. The molecule has 2 aliphatic heterocycles. The summed E-state index contributed by atoms with van der Waals surface area (Å²) in [5.41, 5.74) is 7.55. The quantitative estimate of drug-likeness (QED) is 0.834. The molecule has 2 atom stereocenters. The Labute approximate surface area is 138 Å². The lowest BCUT2D eigenvalue weighted by Crippen LogP contribution is -2.45. The third-order valence-corrected chi connectivity index (χ3v) is 6.99. The fraction of sp³-hybridized carbons (Fsp3) is 0.714. The number of hydrogen-bond donors (Lipinski definition) is 1. The third kappa shape index (κ3) is 3.16. The van der Waals surface area contributed by atoms with E-state index < -0.39 is 0 Å². The van der Waals surface area contributed by atoms with E-state index in [-0.39, 0.29) is 11.6 Å². The topological polar surface area (TPSA) is 35.2 Å². The first-order valence-electron chi connectivity index (χ1n) is 7.02. The number of hydrogen-bond acceptors (Lipinski definition) is 4. The summed E-state index contributed by atoms with van der Waals surface area (Å²) in [6.45, 7) is 0.818. The van der Waals surface area contributed by atoms with Crippen LogP contribution >= 0.6 is 46.3 Å². The molecule has 3 heterocycles. The van der Waals surface area contributed by atoms with Gasteiger partial charge in [-0.2, -0.15) is 11.8 Å². The van der Waals surface area contributed by atoms with Gasteiger partial charge in [-0.25, -0.2) is 0 Å². The Morgan fingerprint density at radius 3 is 2.75 bits per heavy atom. The second-order valence-electron chi connectivity index (χ2n) is 5.70. The van der Waals surface area contributed by atoms with Gasteiger partial charge in [0.2, 0.25) is 0 Å². The molecule has 0 radical (unpaired) electrons. The minimum atomic E-state index is -0.0263. The maximum absolute atomic E-state index is 6.48. The lowest BCUT2D eigenvalue weighted by atomic mass is 9.77. The van der Waals surface area contributed by atoms with Crippen LogP contribution in [0.5, 0.6) is 0 Å². The van der Waals surface area contributed by atoms with E-state index in [2.05, 4.69) is 0 Å². The molecule has 0 aliphatic carbocycles. The minimum Gasteiger partial charge on any atom is -0.375 e. The number of rotatable bonds is 2. The van der Waals surface area contributed by atoms with Gasteiger partial charge in [0.1, 0.15) is 0 Å². The molecule has 1 spiro atoms. The molecule has 20 heavy (non-hydrogen) atoms. The normalized spacial score (nSPS) is 27.6. The Kier molecular flexibility index (Phi) is 4.90. The molecule has 2 saturated heterocycles. The highest BCUT2D eigenvalue weighted by Crippen LogP contribution is 2.45. The Morgan fingerprint density at radius 2 is 2.10 bits per heavy atom. The molecular weight excluding hydrogens is 333 g/mol. The van der Waals surface area contributed by atoms with Crippen LogP contribution < -0.4 is 5.73 Å². The minimum absolute atomic E-state index is 0.0263. The highest BCUT2D eigenvalue weighted by Gasteiger charge is 2.41. The van der Waals surface area contributed by atoms with Gasteiger partial charge in [-0.15, -0.1) is 11.3 Å². The van der Waals surface area contributed by atoms with Crippen molar-refractivity contribution in [3.63, 3.8) is 0 Å². The fourth-order valence-corrected chi connectivity index (χ4v) is 6.10. The van der Waals surface area contributed by atoms with Crippen LogP contribution in [0.3, 0.4) is 0 Å². The predicted molar refractivity (Wildman–Crippen MR) is 89.2 cm³/mol. The summed E-state index contributed by atoms with van der Waals surface area (Å²) >= 11 is 15.7. The van der Waals surface area contributed by atoms with Crippen LogP contribution in [0, 0.1) is 5.92 Å². The van der Waals surface area contributed by atoms with Crippen LogP contribution in [-0.2, 0) is 4.74 Å². The highest BCUT2D eigenvalue weighted by atomic mass is 35.5. The van der Waals surface area contributed by atoms with E-state index in [0.717, 1.165) is 46.5 Å². The van der Waals surface area contributed by atoms with Crippen molar-refractivity contribution in [2.45, 2.75) is 37.3 Å². The second kappa shape index (κ2) is 6.35. The maximum atomic E-state index is 6.48. The molecule has 1 aromatic heterocycles. The summed E-state index contributed by atoms with van der Waals surface area (Å²) < 4.78 is 7.59. The average Bonchev–Trinajstić information content (AvgIpc) is 2.78. The third-order valence-electron chi connectivity index (χ3n) is 4.49. The maximum Gasteiger partial charge on any atom is 0.0991 e. The van der Waals surface area contributed by atoms with Gasteiger partial charge in [0.25, 0.3) is 0 Å². The zero-order valence-electron chi connectivity index (χ0n) is 11.2. The molecule has 0 bridgehead atoms. The first kappa shape index (κ1) is 15.4. The largest absolute Gasteiger partial charge is 0.375 e. The van der Waals surface area contributed by atoms with Crippen molar-refractivity contribution in [1.82, 2.24) is 0 Å². The van der Waals surface area contributed by atoms with Crippen LogP contribution in [0.25, 0.3) is 0 Å². The molecule has 2 N–H and O–H groups in total. The summed E-state index contributed by atoms with van der Waals surface area (Å²) in [6, 6.07) is 1.90. The summed E-state index contributed by atoms with van der Waals surface area (Å²) in [7, 11) is 0. The lowest BCUT2D eigenvalue weighted by Gasteiger charge is -2.44. The zero-order valence-corrected chi connectivity index (χ0v) is 14.4. The van der Waals surface area contributed by atoms with E-state index in [1.807, 2.05) is 17.8 Å². The Hall–Kier alpha value is 0.550. The molecule has 3 rings (SSSR count). The molecular formula is C14H19Cl2NOS2. The van der Waals surface area contributed by atoms with Crippen LogP contribution in [0.2, 0.25) is 8.67 Å². The van der Waals surface area contributed by atoms with Crippen molar-refractivity contribution in [2.75, 3.05) is 18.1 Å². The molecule has 0 amide bonds. The first-order valence-corrected chi connectivity index (χ1v) is 9.74. The zero-order chi connectivity index (χ0) is 14.2. The standard InChI is InChI=1S/C14H19Cl2NOS2/c15-11-7-10(13(16)20-11)12(17)9-1-4-18-14(8-9)2-5-19-6-3-14/h7,9,12H,1-6,8,17H2. The average molecular weight is 352 g/mol. The highest BCUT2D eigenvalue weighted by molar-refractivity contribution is 7.99. The van der Waals surface area contributed by atoms with Gasteiger partial charge in [-0.05, 0) is 49.2 Å². The Balaban J connectivity index is 1.74. The molecule has 1 aromatic rings. The summed E-state index contributed by atoms with van der Waals surface area (Å²) in [4.78, 5) is 0. The van der Waals surface area contributed by atoms with Gasteiger partial charge in [-0.3, -0.25) is 0 Å². The molecule has 2 unspecified atom stereocenters. The predicted octanol–water partition coefficient (Wildman–Crippen LogP) is 4.75. The second-order valence-corrected chi connectivity index (χ2v) is 9.21. The van der Waals surface area contributed by atoms with Gasteiger partial charge in [0.15, 0.2) is 0 Å². The van der Waals surface area contributed by atoms with Gasteiger partial charge >= 0.3 is 0 Å². The summed E-state index contributed by atoms with van der Waals surface area (Å²) in [5, 5.41) is 0. The van der Waals surface area contributed by atoms with Crippen molar-refractivity contribution in [3.05, 3.63) is 20.3 Å². The van der Waals surface area contributed by atoms with Crippen LogP contribution in [0.15, 0.2) is 6.07 Å². The van der Waals surface area contributed by atoms with E-state index in [0.29, 0.717) is 5.92 Å². The smallest absolute Gasteiger partial charge is 0.0991 e. The van der Waals surface area contributed by atoms with Crippen LogP contribution in [0.1, 0.15) is 37.3 Å². The van der Waals surface area contributed by atoms with Crippen molar-refractivity contribution >= 4 is 46.3 Å². The molecule has 6 heteroatoms. The van der Waals surface area contributed by atoms with Crippen LogP contribution in [0.4, 0.5) is 0 Å². The van der Waals surface area contributed by atoms with Crippen molar-refractivity contribution in [2.24, 2.45) is 11.7 Å². The molecule has 2 nitrogen and oxygen atoms in total. The van der Waals surface area contributed by atoms with E-state index in [1.165, 1.54) is 22.8 Å². The summed E-state index contributed by atoms with van der Waals surface area (Å²) in [5.74, 6) is 2.84. The van der Waals surface area contributed by atoms with Gasteiger partial charge in [0, 0.05) is 18.2 Å². The van der Waals surface area contributed by atoms with E-state index in [1.54, 1.807) is 0 Å². The first-order chi connectivity index (χ1) is 9.60. The summed E-state index contributed by atoms with van der Waals surface area (Å²) in [6.07, 6.45) is 4.37. The van der Waals surface area contributed by atoms with E-state index >= 15 is 0 Å². The number of halogens is 2. The molecule has 2 aliphatic rings.